The number of nitrogens with zero attached hydrogens (tertiary/aromatic N) is 1. The number of ether oxygens (including phenoxy) is 2. The van der Waals surface area contributed by atoms with Crippen molar-refractivity contribution < 1.29 is 9.47 Å². The van der Waals surface area contributed by atoms with E-state index in [9.17, 15) is 0 Å². The minimum absolute atomic E-state index is 0.0356. The smallest absolute Gasteiger partial charge is 0.231 e. The highest BCUT2D eigenvalue weighted by atomic mass is 35.5. The van der Waals surface area contributed by atoms with Crippen molar-refractivity contribution in [2.75, 3.05) is 12.1 Å². The van der Waals surface area contributed by atoms with Crippen molar-refractivity contribution in [1.29, 1.82) is 0 Å². The summed E-state index contributed by atoms with van der Waals surface area (Å²) in [7, 11) is 0. The Balaban J connectivity index is 1.33. The van der Waals surface area contributed by atoms with E-state index >= 15 is 0 Å². The molecule has 6 heteroatoms. The molecule has 0 spiro atoms. The number of nitrogens with one attached hydrogen (secondary N) is 1. The molecule has 0 bridgehead atoms. The number of rotatable bonds is 5. The Morgan fingerprint density at radius 1 is 1.12 bits per heavy atom. The van der Waals surface area contributed by atoms with Crippen LogP contribution in [0, 0.1) is 0 Å². The lowest BCUT2D eigenvalue weighted by atomic mass is 10.0. The largest absolute Gasteiger partial charge is 0.454 e. The van der Waals surface area contributed by atoms with E-state index in [0.29, 0.717) is 6.79 Å². The number of hydrogen-bond acceptors (Lipinski definition) is 5. The first kappa shape index (κ1) is 16.0. The van der Waals surface area contributed by atoms with Crippen LogP contribution >= 0.6 is 22.9 Å². The van der Waals surface area contributed by atoms with Crippen molar-refractivity contribution in [3.63, 3.8) is 0 Å². The summed E-state index contributed by atoms with van der Waals surface area (Å²) >= 11 is 7.78. The number of aromatic nitrogens is 1. The molecule has 0 atom stereocenters. The standard InChI is InChI=1S/C20H17ClN2O2S/c21-15-3-1-2-13(8-15)9-16-11-22-19(26-16)23-20(6-7-20)14-4-5-17-18(10-14)25-12-24-17/h1-5,8,10-11H,6-7,9,12H2,(H,22,23). The van der Waals surface area contributed by atoms with Crippen molar-refractivity contribution in [2.45, 2.75) is 24.8 Å². The molecular weight excluding hydrogens is 368 g/mol. The number of thiazole rings is 1. The van der Waals surface area contributed by atoms with Gasteiger partial charge in [0.05, 0.1) is 5.54 Å². The van der Waals surface area contributed by atoms with Crippen LogP contribution in [0.4, 0.5) is 5.13 Å². The van der Waals surface area contributed by atoms with Gasteiger partial charge in [-0.05, 0) is 48.2 Å². The Labute approximate surface area is 160 Å². The quantitative estimate of drug-likeness (QED) is 0.655. The highest BCUT2D eigenvalue weighted by molar-refractivity contribution is 7.15. The summed E-state index contributed by atoms with van der Waals surface area (Å²) in [4.78, 5) is 5.80. The van der Waals surface area contributed by atoms with Crippen molar-refractivity contribution >= 4 is 28.1 Å². The average molecular weight is 385 g/mol. The summed E-state index contributed by atoms with van der Waals surface area (Å²) in [5.41, 5.74) is 2.39. The number of fused-ring (bicyclic) bond motifs is 1. The molecule has 0 unspecified atom stereocenters. The molecule has 3 aromatic rings. The van der Waals surface area contributed by atoms with E-state index in [4.69, 9.17) is 21.1 Å². The summed E-state index contributed by atoms with van der Waals surface area (Å²) in [6.45, 7) is 0.304. The van der Waals surface area contributed by atoms with E-state index in [2.05, 4.69) is 28.5 Å². The third kappa shape index (κ3) is 3.02. The minimum atomic E-state index is -0.0356. The van der Waals surface area contributed by atoms with E-state index < -0.39 is 0 Å². The van der Waals surface area contributed by atoms with Gasteiger partial charge in [0.2, 0.25) is 6.79 Å². The minimum Gasteiger partial charge on any atom is -0.454 e. The SMILES string of the molecule is Clc1cccc(Cc2cnc(NC3(c4ccc5c(c4)OCO5)CC3)s2)c1. The van der Waals surface area contributed by atoms with Crippen LogP contribution < -0.4 is 14.8 Å². The normalized spacial score (nSPS) is 16.5. The van der Waals surface area contributed by atoms with Crippen molar-refractivity contribution in [2.24, 2.45) is 0 Å². The van der Waals surface area contributed by atoms with E-state index in [1.54, 1.807) is 11.3 Å². The van der Waals surface area contributed by atoms with Gasteiger partial charge in [-0.15, -0.1) is 11.3 Å². The fraction of sp³-hybridized carbons (Fsp3) is 0.250. The molecule has 4 nitrogen and oxygen atoms in total. The molecule has 1 saturated carbocycles. The molecule has 2 aliphatic rings. The Kier molecular flexibility index (Phi) is 3.80. The van der Waals surface area contributed by atoms with Crippen LogP contribution in [0.25, 0.3) is 0 Å². The van der Waals surface area contributed by atoms with Crippen LogP contribution in [-0.4, -0.2) is 11.8 Å². The topological polar surface area (TPSA) is 43.4 Å². The van der Waals surface area contributed by atoms with Gasteiger partial charge in [-0.1, -0.05) is 29.8 Å². The highest BCUT2D eigenvalue weighted by Crippen LogP contribution is 2.50. The maximum absolute atomic E-state index is 6.08. The number of benzene rings is 2. The molecule has 1 N–H and O–H groups in total. The molecule has 0 saturated heterocycles. The third-order valence-corrected chi connectivity index (χ3v) is 5.99. The Morgan fingerprint density at radius 2 is 2.00 bits per heavy atom. The molecule has 1 fully saturated rings. The lowest BCUT2D eigenvalue weighted by Gasteiger charge is -2.17. The van der Waals surface area contributed by atoms with Gasteiger partial charge < -0.3 is 14.8 Å². The maximum atomic E-state index is 6.08. The van der Waals surface area contributed by atoms with Gasteiger partial charge >= 0.3 is 0 Å². The Bertz CT molecular complexity index is 968. The van der Waals surface area contributed by atoms with Crippen LogP contribution in [0.15, 0.2) is 48.7 Å². The molecular formula is C20H17ClN2O2S. The van der Waals surface area contributed by atoms with Gasteiger partial charge in [0.15, 0.2) is 16.6 Å². The van der Waals surface area contributed by atoms with Gasteiger partial charge in [0.1, 0.15) is 0 Å². The zero-order valence-electron chi connectivity index (χ0n) is 14.0. The molecule has 2 heterocycles. The second-order valence-electron chi connectivity index (χ2n) is 6.71. The monoisotopic (exact) mass is 384 g/mol. The van der Waals surface area contributed by atoms with Crippen molar-refractivity contribution in [3.8, 4) is 11.5 Å². The summed E-state index contributed by atoms with van der Waals surface area (Å²) < 4.78 is 10.9. The van der Waals surface area contributed by atoms with Gasteiger partial charge in [-0.25, -0.2) is 4.98 Å². The zero-order valence-corrected chi connectivity index (χ0v) is 15.6. The van der Waals surface area contributed by atoms with Crippen LogP contribution in [0.3, 0.4) is 0 Å². The third-order valence-electron chi connectivity index (χ3n) is 4.84. The second kappa shape index (κ2) is 6.18. The molecule has 1 aliphatic heterocycles. The molecule has 0 radical (unpaired) electrons. The number of hydrogen-bond donors (Lipinski definition) is 1. The summed E-state index contributed by atoms with van der Waals surface area (Å²) in [5, 5.41) is 5.36. The van der Waals surface area contributed by atoms with Crippen molar-refractivity contribution in [3.05, 3.63) is 69.7 Å². The first-order valence-electron chi connectivity index (χ1n) is 8.58. The molecule has 1 aliphatic carbocycles. The average Bonchev–Trinajstić information content (AvgIpc) is 3.05. The summed E-state index contributed by atoms with van der Waals surface area (Å²) in [6, 6.07) is 14.2. The van der Waals surface area contributed by atoms with Crippen LogP contribution in [-0.2, 0) is 12.0 Å². The first-order valence-corrected chi connectivity index (χ1v) is 9.77. The van der Waals surface area contributed by atoms with Crippen LogP contribution in [0.2, 0.25) is 5.02 Å². The predicted octanol–water partition coefficient (Wildman–Crippen LogP) is 5.22. The summed E-state index contributed by atoms with van der Waals surface area (Å²) in [6.07, 6.45) is 4.98. The van der Waals surface area contributed by atoms with Crippen LogP contribution in [0.1, 0.15) is 28.8 Å². The molecule has 0 amide bonds. The maximum Gasteiger partial charge on any atom is 0.231 e. The highest BCUT2D eigenvalue weighted by Gasteiger charge is 2.45. The summed E-state index contributed by atoms with van der Waals surface area (Å²) in [5.74, 6) is 1.65. The number of halogens is 1. The fourth-order valence-corrected chi connectivity index (χ4v) is 4.46. The molecule has 26 heavy (non-hydrogen) atoms. The van der Waals surface area contributed by atoms with Gasteiger partial charge in [-0.3, -0.25) is 0 Å². The van der Waals surface area contributed by atoms with Gasteiger partial charge in [0, 0.05) is 22.5 Å². The molecule has 2 aromatic carbocycles. The Morgan fingerprint density at radius 3 is 2.85 bits per heavy atom. The predicted molar refractivity (Wildman–Crippen MR) is 103 cm³/mol. The van der Waals surface area contributed by atoms with Gasteiger partial charge in [0.25, 0.3) is 0 Å². The molecule has 132 valence electrons. The van der Waals surface area contributed by atoms with E-state index in [0.717, 1.165) is 40.9 Å². The zero-order chi connectivity index (χ0) is 17.6. The lowest BCUT2D eigenvalue weighted by Crippen LogP contribution is -2.18. The lowest BCUT2D eigenvalue weighted by molar-refractivity contribution is 0.174. The number of anilines is 1. The molecule has 1 aromatic heterocycles. The van der Waals surface area contributed by atoms with Crippen LogP contribution in [0.5, 0.6) is 11.5 Å². The fourth-order valence-electron chi connectivity index (χ4n) is 3.30. The van der Waals surface area contributed by atoms with E-state index in [1.807, 2.05) is 30.5 Å². The Hall–Kier alpha value is -2.24. The van der Waals surface area contributed by atoms with E-state index in [1.165, 1.54) is 16.0 Å². The van der Waals surface area contributed by atoms with E-state index in [-0.39, 0.29) is 5.54 Å². The van der Waals surface area contributed by atoms with Crippen molar-refractivity contribution in [1.82, 2.24) is 4.98 Å². The van der Waals surface area contributed by atoms with Gasteiger partial charge in [-0.2, -0.15) is 0 Å². The second-order valence-corrected chi connectivity index (χ2v) is 8.27. The first-order chi connectivity index (χ1) is 12.7. The molecule has 5 rings (SSSR count).